The molecule has 0 aliphatic heterocycles. The van der Waals surface area contributed by atoms with Gasteiger partial charge in [0, 0.05) is 6.42 Å². The molecule has 0 heterocycles. The Morgan fingerprint density at radius 1 is 0.721 bits per heavy atom. The fourth-order valence-electron chi connectivity index (χ4n) is 4.23. The molecule has 0 spiro atoms. The maximum absolute atomic E-state index is 13.6. The number of nitrogens with one attached hydrogen (secondary N) is 5. The Labute approximate surface area is 264 Å². The molecule has 0 aliphatic rings. The molecule has 4 atom stereocenters. The van der Waals surface area contributed by atoms with E-state index in [0.29, 0.717) is 63.7 Å². The first-order valence-corrected chi connectivity index (χ1v) is 15.4. The molecule has 0 saturated carbocycles. The second-order valence-corrected chi connectivity index (χ2v) is 11.0. The zero-order valence-corrected chi connectivity index (χ0v) is 26.3. The molecule has 0 aromatic heterocycles. The monoisotopic (exact) mass is 643 g/mol. The minimum Gasteiger partial charge on any atom is -0.508 e. The summed E-state index contributed by atoms with van der Waals surface area (Å²) in [6.07, 6.45) is 3.46. The van der Waals surface area contributed by atoms with E-state index in [4.69, 9.17) is 22.9 Å². The summed E-state index contributed by atoms with van der Waals surface area (Å²) in [5.41, 5.74) is 22.8. The van der Waals surface area contributed by atoms with Gasteiger partial charge in [-0.2, -0.15) is 0 Å². The lowest BCUT2D eigenvalue weighted by molar-refractivity contribution is -0.133. The van der Waals surface area contributed by atoms with Gasteiger partial charge in [-0.25, -0.2) is 0 Å². The first-order chi connectivity index (χ1) is 20.5. The highest BCUT2D eigenvalue weighted by Crippen LogP contribution is 2.13. The smallest absolute Gasteiger partial charge is 0.243 e. The van der Waals surface area contributed by atoms with Crippen LogP contribution in [-0.2, 0) is 25.6 Å². The summed E-state index contributed by atoms with van der Waals surface area (Å²) in [5.74, 6) is -1.55. The summed E-state index contributed by atoms with van der Waals surface area (Å²) in [6, 6.07) is 2.52. The fourth-order valence-corrected chi connectivity index (χ4v) is 4.67. The summed E-state index contributed by atoms with van der Waals surface area (Å²) in [5, 5.41) is 20.2. The standard InChI is InChI=1S/C27H49N9O5S2/c28-13-3-1-6-19(33-24(39)20(36-43)7-2-4-14-29)23(38)35-22(16-17-9-11-18(37)12-10-17)25(40)34-21(26(41)42)8-5-15-32-27(30)31/h9-12,19-22,27,32,36-37,43H,1-8,13-16,28-31H2,(H,33,39)(H,34,40)(H,35,38)(H,41,42)/t19-,20-,21-,22-/m0/s1. The third kappa shape index (κ3) is 16.3. The van der Waals surface area contributed by atoms with E-state index < -0.39 is 53.3 Å². The number of benzene rings is 1. The van der Waals surface area contributed by atoms with E-state index in [0.717, 1.165) is 6.42 Å². The van der Waals surface area contributed by atoms with Crippen LogP contribution in [0.15, 0.2) is 24.3 Å². The largest absolute Gasteiger partial charge is 0.508 e. The molecule has 1 rings (SSSR count). The van der Waals surface area contributed by atoms with Crippen molar-refractivity contribution in [2.45, 2.75) is 88.2 Å². The van der Waals surface area contributed by atoms with Crippen LogP contribution in [-0.4, -0.2) is 78.0 Å². The summed E-state index contributed by atoms with van der Waals surface area (Å²) >= 11 is 7.99. The minimum absolute atomic E-state index is 0.0434. The second-order valence-electron chi connectivity index (χ2n) is 10.3. The molecule has 0 saturated heterocycles. The summed E-state index contributed by atoms with van der Waals surface area (Å²) in [6.45, 7) is 1.32. The Morgan fingerprint density at radius 3 is 1.74 bits per heavy atom. The highest BCUT2D eigenvalue weighted by molar-refractivity contribution is 7.96. The van der Waals surface area contributed by atoms with Gasteiger partial charge in [0.25, 0.3) is 0 Å². The number of phenols is 1. The van der Waals surface area contributed by atoms with Crippen LogP contribution >= 0.6 is 25.4 Å². The number of hydrogen-bond donors (Lipinski definition) is 12. The normalized spacial score (nSPS) is 14.0. The Balaban J connectivity index is 3.12. The Morgan fingerprint density at radius 2 is 1.21 bits per heavy atom. The van der Waals surface area contributed by atoms with E-state index >= 15 is 0 Å². The summed E-state index contributed by atoms with van der Waals surface area (Å²) in [4.78, 5) is 52.2. The van der Waals surface area contributed by atoms with E-state index in [1.54, 1.807) is 12.1 Å². The topological polar surface area (TPSA) is 253 Å². The van der Waals surface area contributed by atoms with Crippen LogP contribution in [0.3, 0.4) is 0 Å². The maximum Gasteiger partial charge on any atom is 0.243 e. The highest BCUT2D eigenvalue weighted by atomic mass is 32.1. The van der Waals surface area contributed by atoms with Crippen molar-refractivity contribution < 1.29 is 24.3 Å². The third-order valence-corrected chi connectivity index (χ3v) is 7.30. The number of carbonyl (C=O) groups excluding carboxylic acids is 4. The highest BCUT2D eigenvalue weighted by Gasteiger charge is 2.30. The molecule has 43 heavy (non-hydrogen) atoms. The van der Waals surface area contributed by atoms with Crippen LogP contribution < -0.4 is 48.9 Å². The number of rotatable bonds is 23. The predicted octanol–water partition coefficient (Wildman–Crippen LogP) is -1.52. The Bertz CT molecular complexity index is 988. The maximum atomic E-state index is 13.6. The van der Waals surface area contributed by atoms with Gasteiger partial charge in [-0.1, -0.05) is 31.4 Å². The quantitative estimate of drug-likeness (QED) is 0.0370. The van der Waals surface area contributed by atoms with E-state index in [2.05, 4.69) is 51.4 Å². The molecule has 0 bridgehead atoms. The van der Waals surface area contributed by atoms with Crippen LogP contribution in [0.5, 0.6) is 5.75 Å². The van der Waals surface area contributed by atoms with E-state index in [9.17, 15) is 24.3 Å². The molecule has 16 heteroatoms. The molecule has 14 nitrogen and oxygen atoms in total. The number of thiol groups is 2. The Kier molecular flexibility index (Phi) is 19.9. The van der Waals surface area contributed by atoms with E-state index in [1.807, 2.05) is 0 Å². The molecule has 0 unspecified atom stereocenters. The number of phenolic OH excluding ortho intramolecular Hbond substituents is 1. The van der Waals surface area contributed by atoms with Crippen LogP contribution in [0, 0.1) is 0 Å². The zero-order valence-electron chi connectivity index (χ0n) is 24.5. The SMILES string of the molecule is NCCCC[C@H](NS)C(=O)N[C@@H](CCCCN)C(=O)N[C@@H](Cc1ccc(O)cc1)C(=O)N[C@@H](CCCNC(N)N)C(=O)S. The lowest BCUT2D eigenvalue weighted by Gasteiger charge is -2.26. The number of hydrogen-bond acceptors (Lipinski definition) is 12. The lowest BCUT2D eigenvalue weighted by Crippen LogP contribution is -2.57. The van der Waals surface area contributed by atoms with Crippen molar-refractivity contribution in [3.8, 4) is 5.75 Å². The fraction of sp³-hybridized carbons (Fsp3) is 0.630. The number of aromatic hydroxyl groups is 1. The summed E-state index contributed by atoms with van der Waals surface area (Å²) in [7, 11) is 0. The van der Waals surface area contributed by atoms with E-state index in [1.165, 1.54) is 12.1 Å². The molecular weight excluding hydrogens is 594 g/mol. The molecule has 1 aromatic rings. The number of carbonyl (C=O) groups is 4. The Hall–Kier alpha value is -2.44. The van der Waals surface area contributed by atoms with Crippen LogP contribution in [0.1, 0.15) is 56.9 Å². The van der Waals surface area contributed by atoms with Crippen molar-refractivity contribution in [3.05, 3.63) is 29.8 Å². The molecule has 0 aliphatic carbocycles. The van der Waals surface area contributed by atoms with Crippen molar-refractivity contribution in [1.82, 2.24) is 26.0 Å². The van der Waals surface area contributed by atoms with Crippen LogP contribution in [0.2, 0.25) is 0 Å². The molecule has 244 valence electrons. The van der Waals surface area contributed by atoms with Gasteiger partial charge in [-0.15, -0.1) is 12.6 Å². The average molecular weight is 644 g/mol. The lowest BCUT2D eigenvalue weighted by atomic mass is 10.0. The van der Waals surface area contributed by atoms with Gasteiger partial charge >= 0.3 is 0 Å². The zero-order chi connectivity index (χ0) is 32.2. The first-order valence-electron chi connectivity index (χ1n) is 14.5. The van der Waals surface area contributed by atoms with Gasteiger partial charge < -0.3 is 44.0 Å². The number of amides is 3. The van der Waals surface area contributed by atoms with Crippen LogP contribution in [0.25, 0.3) is 0 Å². The van der Waals surface area contributed by atoms with Crippen molar-refractivity contribution in [1.29, 1.82) is 0 Å². The first kappa shape index (κ1) is 38.6. The van der Waals surface area contributed by atoms with Gasteiger partial charge in [-0.3, -0.25) is 29.2 Å². The van der Waals surface area contributed by atoms with Crippen molar-refractivity contribution >= 4 is 48.3 Å². The minimum atomic E-state index is -1.11. The molecule has 0 radical (unpaired) electrons. The summed E-state index contributed by atoms with van der Waals surface area (Å²) < 4.78 is 2.68. The molecule has 1 aromatic carbocycles. The second kappa shape index (κ2) is 22.1. The average Bonchev–Trinajstić information content (AvgIpc) is 2.96. The van der Waals surface area contributed by atoms with Gasteiger partial charge in [0.05, 0.1) is 12.1 Å². The van der Waals surface area contributed by atoms with E-state index in [-0.39, 0.29) is 18.6 Å². The van der Waals surface area contributed by atoms with Crippen LogP contribution in [0.4, 0.5) is 0 Å². The van der Waals surface area contributed by atoms with Crippen molar-refractivity contribution in [2.24, 2.45) is 22.9 Å². The van der Waals surface area contributed by atoms with Crippen molar-refractivity contribution in [2.75, 3.05) is 19.6 Å². The molecular formula is C27H49N9O5S2. The third-order valence-electron chi connectivity index (χ3n) is 6.67. The molecule has 0 fully saturated rings. The van der Waals surface area contributed by atoms with Gasteiger partial charge in [0.2, 0.25) is 22.8 Å². The molecule has 14 N–H and O–H groups in total. The number of nitrogens with two attached hydrogens (primary N) is 4. The van der Waals surface area contributed by atoms with Gasteiger partial charge in [0.1, 0.15) is 24.1 Å². The van der Waals surface area contributed by atoms with Gasteiger partial charge in [-0.05, 0) is 82.3 Å². The molecule has 3 amide bonds. The number of unbranched alkanes of at least 4 members (excludes halogenated alkanes) is 2. The van der Waals surface area contributed by atoms with Gasteiger partial charge in [0.15, 0.2) is 0 Å². The predicted molar refractivity (Wildman–Crippen MR) is 173 cm³/mol. The van der Waals surface area contributed by atoms with Crippen molar-refractivity contribution in [3.63, 3.8) is 0 Å².